The Hall–Kier alpha value is -5.70. The topological polar surface area (TPSA) is 13.1 Å². The second-order valence-electron chi connectivity index (χ2n) is 13.3. The van der Waals surface area contributed by atoms with Crippen LogP contribution in [0.1, 0.15) is 32.3 Å². The van der Waals surface area contributed by atoms with E-state index in [0.29, 0.717) is 0 Å². The third-order valence-corrected chi connectivity index (χ3v) is 11.6. The summed E-state index contributed by atoms with van der Waals surface area (Å²) in [7, 11) is 0. The lowest BCUT2D eigenvalue weighted by atomic mass is 9.84. The summed E-state index contributed by atoms with van der Waals surface area (Å²) in [4.78, 5) is 0. The van der Waals surface area contributed by atoms with Crippen molar-refractivity contribution in [1.82, 2.24) is 0 Å². The van der Waals surface area contributed by atoms with Gasteiger partial charge in [-0.25, -0.2) is 0 Å². The summed E-state index contributed by atoms with van der Waals surface area (Å²) in [6, 6.07) is 42.1. The van der Waals surface area contributed by atoms with E-state index in [-0.39, 0.29) is 0 Å². The molecule has 1 nitrogen and oxygen atoms in total. The molecule has 0 bridgehead atoms. The van der Waals surface area contributed by atoms with Crippen LogP contribution in [0.15, 0.2) is 162 Å². The van der Waals surface area contributed by atoms with Crippen LogP contribution in [0.3, 0.4) is 0 Å². The Balaban J connectivity index is 1.21. The van der Waals surface area contributed by atoms with Crippen molar-refractivity contribution in [1.29, 1.82) is 0 Å². The average Bonchev–Trinajstić information content (AvgIpc) is 3.73. The van der Waals surface area contributed by atoms with Crippen molar-refractivity contribution < 1.29 is 4.42 Å². The van der Waals surface area contributed by atoms with E-state index < -0.39 is 0 Å². The van der Waals surface area contributed by atoms with Gasteiger partial charge in [0.1, 0.15) is 11.2 Å². The standard InChI is InChI=1S/C48H36OS/c1-5-6-13-29(2)30(3)20-21-31(4)45-33-14-7-9-16-35(33)46(36-17-10-8-15-34(36)45)32-22-27-44-41(28-32)39-24-23-37-38(48(39)50-44)25-26-43-47(37)40-18-11-12-19-42(40)49-43/h5-19,22-28H,3-4,20-21H2,1-2H3/b6-5-,29-13+. The van der Waals surface area contributed by atoms with Crippen molar-refractivity contribution in [2.45, 2.75) is 26.7 Å². The van der Waals surface area contributed by atoms with Gasteiger partial charge in [0.15, 0.2) is 0 Å². The molecule has 0 amide bonds. The summed E-state index contributed by atoms with van der Waals surface area (Å²) in [5, 5.41) is 12.5. The molecule has 50 heavy (non-hydrogen) atoms. The molecule has 0 aliphatic carbocycles. The average molecular weight is 661 g/mol. The fourth-order valence-corrected chi connectivity index (χ4v) is 9.03. The first kappa shape index (κ1) is 30.4. The lowest BCUT2D eigenvalue weighted by Crippen LogP contribution is -1.94. The third kappa shape index (κ3) is 4.75. The van der Waals surface area contributed by atoms with Gasteiger partial charge in [0, 0.05) is 36.3 Å². The summed E-state index contributed by atoms with van der Waals surface area (Å²) in [6.07, 6.45) is 8.00. The van der Waals surface area contributed by atoms with Crippen LogP contribution in [-0.2, 0) is 0 Å². The molecule has 0 spiro atoms. The molecular weight excluding hydrogens is 625 g/mol. The minimum absolute atomic E-state index is 0.856. The van der Waals surface area contributed by atoms with E-state index in [4.69, 9.17) is 4.42 Å². The van der Waals surface area contributed by atoms with Crippen LogP contribution >= 0.6 is 11.3 Å². The number of rotatable bonds is 7. The number of furan rings is 1. The Morgan fingerprint density at radius 1 is 0.640 bits per heavy atom. The van der Waals surface area contributed by atoms with Gasteiger partial charge in [0.05, 0.1) is 0 Å². The lowest BCUT2D eigenvalue weighted by molar-refractivity contribution is 0.669. The summed E-state index contributed by atoms with van der Waals surface area (Å²) >= 11 is 1.88. The molecule has 240 valence electrons. The summed E-state index contributed by atoms with van der Waals surface area (Å²) in [6.45, 7) is 13.2. The van der Waals surface area contributed by atoms with Gasteiger partial charge in [-0.05, 0) is 112 Å². The second kappa shape index (κ2) is 12.0. The molecule has 2 heterocycles. The van der Waals surface area contributed by atoms with E-state index in [1.165, 1.54) is 85.5 Å². The van der Waals surface area contributed by atoms with Crippen molar-refractivity contribution in [3.63, 3.8) is 0 Å². The zero-order valence-electron chi connectivity index (χ0n) is 28.3. The van der Waals surface area contributed by atoms with Crippen LogP contribution < -0.4 is 0 Å². The van der Waals surface area contributed by atoms with Crippen molar-refractivity contribution in [3.8, 4) is 11.1 Å². The van der Waals surface area contributed by atoms with Gasteiger partial charge in [0.25, 0.3) is 0 Å². The van der Waals surface area contributed by atoms with Crippen molar-refractivity contribution in [3.05, 3.63) is 163 Å². The first-order valence-electron chi connectivity index (χ1n) is 17.3. The van der Waals surface area contributed by atoms with Crippen LogP contribution in [0.5, 0.6) is 0 Å². The predicted octanol–water partition coefficient (Wildman–Crippen LogP) is 15.0. The maximum atomic E-state index is 6.23. The van der Waals surface area contributed by atoms with E-state index in [1.54, 1.807) is 0 Å². The third-order valence-electron chi connectivity index (χ3n) is 10.4. The molecule has 2 aromatic heterocycles. The Labute approximate surface area is 295 Å². The molecule has 0 aliphatic heterocycles. The van der Waals surface area contributed by atoms with E-state index in [2.05, 4.69) is 148 Å². The maximum absolute atomic E-state index is 6.23. The molecule has 0 atom stereocenters. The smallest absolute Gasteiger partial charge is 0.136 e. The summed E-state index contributed by atoms with van der Waals surface area (Å²) in [5.74, 6) is 0. The van der Waals surface area contributed by atoms with E-state index in [9.17, 15) is 0 Å². The molecular formula is C48H36OS. The van der Waals surface area contributed by atoms with Crippen LogP contribution in [0.25, 0.3) is 91.1 Å². The van der Waals surface area contributed by atoms with Gasteiger partial charge in [0.2, 0.25) is 0 Å². The number of thiophene rings is 1. The number of hydrogen-bond donors (Lipinski definition) is 0. The van der Waals surface area contributed by atoms with Crippen molar-refractivity contribution in [2.75, 3.05) is 0 Å². The first-order valence-corrected chi connectivity index (χ1v) is 18.1. The fourth-order valence-electron chi connectivity index (χ4n) is 7.82. The highest BCUT2D eigenvalue weighted by Gasteiger charge is 2.19. The number of para-hydroxylation sites is 1. The molecule has 0 N–H and O–H groups in total. The zero-order chi connectivity index (χ0) is 33.9. The monoisotopic (exact) mass is 660 g/mol. The summed E-state index contributed by atoms with van der Waals surface area (Å²) < 4.78 is 8.84. The fraction of sp³-hybridized carbons (Fsp3) is 0.0833. The number of benzene rings is 7. The Bertz CT molecular complexity index is 2870. The van der Waals surface area contributed by atoms with Gasteiger partial charge < -0.3 is 4.42 Å². The number of hydrogen-bond acceptors (Lipinski definition) is 2. The molecule has 2 heteroatoms. The largest absolute Gasteiger partial charge is 0.456 e. The summed E-state index contributed by atoms with van der Waals surface area (Å²) in [5.41, 5.74) is 9.14. The Kier molecular flexibility index (Phi) is 7.30. The minimum atomic E-state index is 0.856. The molecule has 7 aromatic carbocycles. The molecule has 0 radical (unpaired) electrons. The normalized spacial score (nSPS) is 12.6. The molecule has 0 aliphatic rings. The number of allylic oxidation sites excluding steroid dienone is 6. The van der Waals surface area contributed by atoms with Gasteiger partial charge in [-0.2, -0.15) is 0 Å². The van der Waals surface area contributed by atoms with E-state index in [0.717, 1.165) is 35.2 Å². The highest BCUT2D eigenvalue weighted by Crippen LogP contribution is 2.46. The van der Waals surface area contributed by atoms with E-state index >= 15 is 0 Å². The maximum Gasteiger partial charge on any atom is 0.136 e. The number of fused-ring (bicyclic) bond motifs is 11. The molecule has 9 aromatic rings. The van der Waals surface area contributed by atoms with Crippen molar-refractivity contribution >= 4 is 91.3 Å². The Morgan fingerprint density at radius 3 is 2.02 bits per heavy atom. The molecule has 0 saturated heterocycles. The van der Waals surface area contributed by atoms with E-state index in [1.807, 2.05) is 24.3 Å². The van der Waals surface area contributed by atoms with Gasteiger partial charge in [-0.1, -0.05) is 122 Å². The van der Waals surface area contributed by atoms with Crippen LogP contribution in [0.4, 0.5) is 0 Å². The Morgan fingerprint density at radius 2 is 1.28 bits per heavy atom. The molecule has 0 fully saturated rings. The van der Waals surface area contributed by atoms with Crippen LogP contribution in [0, 0.1) is 0 Å². The minimum Gasteiger partial charge on any atom is -0.456 e. The SMILES string of the molecule is C=C(CCC(=C)c1c2ccccc2c(-c2ccc3sc4c(ccc5c4ccc4oc6ccccc6c45)c3c2)c2ccccc12)/C(C)=C/C=C\C. The van der Waals surface area contributed by atoms with Crippen LogP contribution in [0.2, 0.25) is 0 Å². The lowest BCUT2D eigenvalue weighted by Gasteiger charge is -2.19. The van der Waals surface area contributed by atoms with Gasteiger partial charge in [-0.3, -0.25) is 0 Å². The quantitative estimate of drug-likeness (QED) is 0.122. The van der Waals surface area contributed by atoms with Crippen LogP contribution in [-0.4, -0.2) is 0 Å². The first-order chi connectivity index (χ1) is 24.5. The molecule has 9 rings (SSSR count). The molecule has 0 saturated carbocycles. The second-order valence-corrected chi connectivity index (χ2v) is 14.4. The van der Waals surface area contributed by atoms with Crippen molar-refractivity contribution in [2.24, 2.45) is 0 Å². The highest BCUT2D eigenvalue weighted by atomic mass is 32.1. The van der Waals surface area contributed by atoms with Gasteiger partial charge >= 0.3 is 0 Å². The highest BCUT2D eigenvalue weighted by molar-refractivity contribution is 7.26. The predicted molar refractivity (Wildman–Crippen MR) is 221 cm³/mol. The molecule has 0 unspecified atom stereocenters. The van der Waals surface area contributed by atoms with Gasteiger partial charge in [-0.15, -0.1) is 11.3 Å². The zero-order valence-corrected chi connectivity index (χ0v) is 29.2.